The van der Waals surface area contributed by atoms with Crippen LogP contribution in [0.3, 0.4) is 0 Å². The van der Waals surface area contributed by atoms with Crippen molar-refractivity contribution in [2.75, 3.05) is 17.3 Å². The summed E-state index contributed by atoms with van der Waals surface area (Å²) >= 11 is 19.8. The summed E-state index contributed by atoms with van der Waals surface area (Å²) in [5.41, 5.74) is 5.05. The second kappa shape index (κ2) is 9.46. The Morgan fingerprint density at radius 3 is 2.25 bits per heavy atom. The van der Waals surface area contributed by atoms with Crippen LogP contribution < -0.4 is 15.5 Å². The fourth-order valence-corrected chi connectivity index (χ4v) is 6.89. The first-order valence-electron chi connectivity index (χ1n) is 12.3. The summed E-state index contributed by atoms with van der Waals surface area (Å²) in [6.07, 6.45) is 4.72. The molecule has 2 bridgehead atoms. The summed E-state index contributed by atoms with van der Waals surface area (Å²) in [5, 5.41) is 8.29. The third-order valence-corrected chi connectivity index (χ3v) is 8.82. The predicted molar refractivity (Wildman–Crippen MR) is 149 cm³/mol. The molecule has 2 fully saturated rings. The van der Waals surface area contributed by atoms with Crippen LogP contribution in [0.25, 0.3) is 11.1 Å². The van der Waals surface area contributed by atoms with Gasteiger partial charge >= 0.3 is 6.03 Å². The first-order valence-corrected chi connectivity index (χ1v) is 13.5. The van der Waals surface area contributed by atoms with Crippen molar-refractivity contribution in [3.05, 3.63) is 75.2 Å². The van der Waals surface area contributed by atoms with Gasteiger partial charge in [0.15, 0.2) is 0 Å². The van der Waals surface area contributed by atoms with Gasteiger partial charge in [0.05, 0.1) is 21.4 Å². The van der Waals surface area contributed by atoms with Crippen molar-refractivity contribution in [2.45, 2.75) is 50.4 Å². The summed E-state index contributed by atoms with van der Waals surface area (Å²) in [4.78, 5) is 17.4. The van der Waals surface area contributed by atoms with Crippen molar-refractivity contribution in [2.24, 2.45) is 0 Å². The van der Waals surface area contributed by atoms with Crippen LogP contribution in [-0.2, 0) is 6.54 Å². The second-order valence-electron chi connectivity index (χ2n) is 9.93. The molecule has 3 aromatic carbocycles. The third-order valence-electron chi connectivity index (χ3n) is 7.88. The first-order chi connectivity index (χ1) is 17.4. The van der Waals surface area contributed by atoms with E-state index in [1.807, 2.05) is 30.3 Å². The summed E-state index contributed by atoms with van der Waals surface area (Å²) in [6, 6.07) is 18.6. The van der Waals surface area contributed by atoms with Gasteiger partial charge in [0, 0.05) is 46.5 Å². The second-order valence-corrected chi connectivity index (χ2v) is 11.2. The Balaban J connectivity index is 1.49. The highest BCUT2D eigenvalue weighted by molar-refractivity contribution is 6.40. The Bertz CT molecular complexity index is 1310. The van der Waals surface area contributed by atoms with Gasteiger partial charge in [-0.15, -0.1) is 0 Å². The van der Waals surface area contributed by atoms with Gasteiger partial charge in [-0.2, -0.15) is 0 Å². The summed E-state index contributed by atoms with van der Waals surface area (Å²) in [5.74, 6) is 0. The average molecular weight is 542 g/mol. The van der Waals surface area contributed by atoms with Crippen molar-refractivity contribution in [3.63, 3.8) is 0 Å². The monoisotopic (exact) mass is 540 g/mol. The molecule has 3 heterocycles. The molecule has 8 heteroatoms. The van der Waals surface area contributed by atoms with E-state index in [9.17, 15) is 4.79 Å². The lowest BCUT2D eigenvalue weighted by molar-refractivity contribution is 0.169. The SMILES string of the molecule is CN1[C@@H]2CC[C@H]1CC(Nc1cc(-c3ccccc3Cl)c3c(c1)N(c1c(Cl)cccc1Cl)C(=O)NC3)C2. The highest BCUT2D eigenvalue weighted by Gasteiger charge is 2.39. The Labute approximate surface area is 226 Å². The number of urea groups is 1. The summed E-state index contributed by atoms with van der Waals surface area (Å²) in [6.45, 7) is 0.381. The van der Waals surface area contributed by atoms with Crippen molar-refractivity contribution in [3.8, 4) is 11.1 Å². The first kappa shape index (κ1) is 23.9. The molecule has 0 aliphatic carbocycles. The minimum absolute atomic E-state index is 0.267. The molecule has 2 N–H and O–H groups in total. The third kappa shape index (κ3) is 4.12. The number of carbonyl (C=O) groups excluding carboxylic acids is 1. The molecule has 0 radical (unpaired) electrons. The Morgan fingerprint density at radius 1 is 0.889 bits per heavy atom. The normalized spacial score (nSPS) is 23.4. The van der Waals surface area contributed by atoms with E-state index in [4.69, 9.17) is 34.8 Å². The minimum Gasteiger partial charge on any atom is -0.382 e. The molecule has 3 aromatic rings. The molecule has 0 spiro atoms. The zero-order valence-corrected chi connectivity index (χ0v) is 22.2. The van der Waals surface area contributed by atoms with Gasteiger partial charge in [0.2, 0.25) is 0 Å². The number of anilines is 3. The van der Waals surface area contributed by atoms with Gasteiger partial charge in [0.1, 0.15) is 0 Å². The number of hydrogen-bond acceptors (Lipinski definition) is 3. The number of nitrogens with zero attached hydrogens (tertiary/aromatic N) is 2. The number of piperidine rings is 1. The Kier molecular flexibility index (Phi) is 6.29. The van der Waals surface area contributed by atoms with Crippen molar-refractivity contribution in [1.29, 1.82) is 0 Å². The van der Waals surface area contributed by atoms with Crippen LogP contribution in [0.5, 0.6) is 0 Å². The molecule has 2 amide bonds. The standard InChI is InChI=1S/C28H27Cl3N4O/c1-34-18-9-10-19(34)12-16(11-18)33-17-13-21(20-5-2-3-6-23(20)29)22-15-32-28(36)35(26(22)14-17)27-24(30)7-4-8-25(27)31/h2-8,13-14,16,18-19,33H,9-12,15H2,1H3,(H,32,36)/t16?,18-,19+. The molecule has 3 aliphatic rings. The van der Waals surface area contributed by atoms with E-state index in [2.05, 4.69) is 28.6 Å². The molecule has 5 nitrogen and oxygen atoms in total. The largest absolute Gasteiger partial charge is 0.382 e. The number of halogens is 3. The van der Waals surface area contributed by atoms with Crippen LogP contribution in [0, 0.1) is 0 Å². The average Bonchev–Trinajstić information content (AvgIpc) is 3.05. The lowest BCUT2D eigenvalue weighted by Gasteiger charge is -2.38. The van der Waals surface area contributed by atoms with Gasteiger partial charge in [0.25, 0.3) is 0 Å². The number of hydrogen-bond donors (Lipinski definition) is 2. The van der Waals surface area contributed by atoms with Crippen LogP contribution in [0.2, 0.25) is 15.1 Å². The molecule has 2 saturated heterocycles. The fraction of sp³-hybridized carbons (Fsp3) is 0.321. The van der Waals surface area contributed by atoms with E-state index < -0.39 is 0 Å². The van der Waals surface area contributed by atoms with E-state index in [-0.39, 0.29) is 6.03 Å². The van der Waals surface area contributed by atoms with Crippen LogP contribution in [0.1, 0.15) is 31.2 Å². The zero-order valence-electron chi connectivity index (χ0n) is 19.9. The number of benzene rings is 3. The number of nitrogens with one attached hydrogen (secondary N) is 2. The molecule has 0 aromatic heterocycles. The van der Waals surface area contributed by atoms with Gasteiger partial charge in [-0.3, -0.25) is 4.90 Å². The lowest BCUT2D eigenvalue weighted by atomic mass is 9.93. The Hall–Kier alpha value is -2.44. The number of para-hydroxylation sites is 1. The van der Waals surface area contributed by atoms with Crippen LogP contribution in [0.15, 0.2) is 54.6 Å². The maximum atomic E-state index is 13.3. The summed E-state index contributed by atoms with van der Waals surface area (Å²) < 4.78 is 0. The van der Waals surface area contributed by atoms with Gasteiger partial charge in [-0.1, -0.05) is 59.1 Å². The molecule has 186 valence electrons. The fourth-order valence-electron chi connectivity index (χ4n) is 6.09. The van der Waals surface area contributed by atoms with E-state index in [1.54, 1.807) is 23.1 Å². The quantitative estimate of drug-likeness (QED) is 0.355. The predicted octanol–water partition coefficient (Wildman–Crippen LogP) is 7.71. The zero-order chi connectivity index (χ0) is 25.0. The molecule has 3 aliphatic heterocycles. The van der Waals surface area contributed by atoms with Crippen molar-refractivity contribution < 1.29 is 4.79 Å². The van der Waals surface area contributed by atoms with Gasteiger partial charge in [-0.25, -0.2) is 4.79 Å². The van der Waals surface area contributed by atoms with Gasteiger partial charge < -0.3 is 15.5 Å². The number of carbonyl (C=O) groups is 1. The molecular weight excluding hydrogens is 515 g/mol. The lowest BCUT2D eigenvalue weighted by Crippen LogP contribution is -2.44. The minimum atomic E-state index is -0.267. The van der Waals surface area contributed by atoms with Crippen LogP contribution in [-0.4, -0.2) is 36.1 Å². The molecule has 6 rings (SSSR count). The molecular formula is C28H27Cl3N4O. The molecule has 3 atom stereocenters. The molecule has 1 unspecified atom stereocenters. The molecule has 36 heavy (non-hydrogen) atoms. The van der Waals surface area contributed by atoms with Crippen LogP contribution >= 0.6 is 34.8 Å². The highest BCUT2D eigenvalue weighted by atomic mass is 35.5. The number of rotatable bonds is 4. The van der Waals surface area contributed by atoms with E-state index in [0.29, 0.717) is 45.4 Å². The van der Waals surface area contributed by atoms with Gasteiger partial charge in [-0.05, 0) is 68.6 Å². The van der Waals surface area contributed by atoms with E-state index in [0.717, 1.165) is 40.9 Å². The summed E-state index contributed by atoms with van der Waals surface area (Å²) in [7, 11) is 2.25. The number of amides is 2. The molecule has 0 saturated carbocycles. The van der Waals surface area contributed by atoms with Crippen molar-refractivity contribution >= 4 is 57.9 Å². The topological polar surface area (TPSA) is 47.6 Å². The smallest absolute Gasteiger partial charge is 0.326 e. The van der Waals surface area contributed by atoms with Crippen LogP contribution in [0.4, 0.5) is 21.9 Å². The van der Waals surface area contributed by atoms with Crippen molar-refractivity contribution in [1.82, 2.24) is 10.2 Å². The van der Waals surface area contributed by atoms with E-state index >= 15 is 0 Å². The Morgan fingerprint density at radius 2 is 1.56 bits per heavy atom. The maximum Gasteiger partial charge on any atom is 0.326 e. The number of fused-ring (bicyclic) bond motifs is 3. The maximum absolute atomic E-state index is 13.3. The van der Waals surface area contributed by atoms with E-state index in [1.165, 1.54) is 12.8 Å². The highest BCUT2D eigenvalue weighted by Crippen LogP contribution is 2.46.